The molecule has 2 bridgehead atoms. The molecular weight excluding hydrogens is 250 g/mol. The molecule has 2 aliphatic carbocycles. The Morgan fingerprint density at radius 1 is 1.45 bits per heavy atom. The largest absolute Gasteiger partial charge is 0.397 e. The smallest absolute Gasteiger partial charge is 0.270 e. The Hall–Kier alpha value is -1.45. The number of nitrogen functional groups attached to an aromatic ring is 1. The highest BCUT2D eigenvalue weighted by molar-refractivity contribution is 5.93. The quantitative estimate of drug-likeness (QED) is 0.918. The van der Waals surface area contributed by atoms with E-state index in [0.29, 0.717) is 11.6 Å². The number of nitrogens with two attached hydrogens (primary N) is 1. The van der Waals surface area contributed by atoms with Gasteiger partial charge in [-0.25, -0.2) is 0 Å². The van der Waals surface area contributed by atoms with E-state index in [1.54, 1.807) is 6.07 Å². The molecule has 0 aromatic carbocycles. The van der Waals surface area contributed by atoms with Gasteiger partial charge in [0.15, 0.2) is 0 Å². The molecule has 1 heterocycles. The minimum Gasteiger partial charge on any atom is -0.397 e. The van der Waals surface area contributed by atoms with Crippen molar-refractivity contribution < 1.29 is 4.79 Å². The van der Waals surface area contributed by atoms with Crippen LogP contribution in [-0.2, 0) is 6.54 Å². The lowest BCUT2D eigenvalue weighted by atomic mass is 9.88. The summed E-state index contributed by atoms with van der Waals surface area (Å²) < 4.78 is 1.94. The third-order valence-electron chi connectivity index (χ3n) is 5.22. The van der Waals surface area contributed by atoms with E-state index in [0.717, 1.165) is 30.6 Å². The van der Waals surface area contributed by atoms with Crippen LogP contribution in [0.1, 0.15) is 43.1 Å². The Bertz CT molecular complexity index is 508. The number of aromatic nitrogens is 1. The predicted molar refractivity (Wildman–Crippen MR) is 80.4 cm³/mol. The van der Waals surface area contributed by atoms with E-state index < -0.39 is 0 Å². The number of fused-ring (bicyclic) bond motifs is 2. The maximum absolute atomic E-state index is 12.6. The van der Waals surface area contributed by atoms with Gasteiger partial charge in [-0.2, -0.15) is 0 Å². The number of aryl methyl sites for hydroxylation is 1. The van der Waals surface area contributed by atoms with Crippen LogP contribution in [0.2, 0.25) is 0 Å². The molecule has 4 heteroatoms. The molecule has 4 nitrogen and oxygen atoms in total. The van der Waals surface area contributed by atoms with E-state index in [9.17, 15) is 4.79 Å². The van der Waals surface area contributed by atoms with Gasteiger partial charge in [-0.3, -0.25) is 4.79 Å². The number of hydrogen-bond acceptors (Lipinski definition) is 2. The van der Waals surface area contributed by atoms with E-state index >= 15 is 0 Å². The second-order valence-electron chi connectivity index (χ2n) is 6.57. The van der Waals surface area contributed by atoms with E-state index in [1.165, 1.54) is 25.7 Å². The van der Waals surface area contributed by atoms with Gasteiger partial charge in [0.2, 0.25) is 0 Å². The first-order chi connectivity index (χ1) is 9.58. The summed E-state index contributed by atoms with van der Waals surface area (Å²) in [7, 11) is 1.93. The van der Waals surface area contributed by atoms with Crippen LogP contribution in [0.5, 0.6) is 0 Å². The molecular formula is C16H25N3O. The van der Waals surface area contributed by atoms with Crippen molar-refractivity contribution in [3.63, 3.8) is 0 Å². The maximum atomic E-state index is 12.6. The number of anilines is 1. The van der Waals surface area contributed by atoms with Crippen molar-refractivity contribution in [2.75, 3.05) is 19.3 Å². The fourth-order valence-electron chi connectivity index (χ4n) is 4.20. The second kappa shape index (κ2) is 5.15. The summed E-state index contributed by atoms with van der Waals surface area (Å²) in [6, 6.07) is 1.79. The highest BCUT2D eigenvalue weighted by atomic mass is 16.2. The summed E-state index contributed by atoms with van der Waals surface area (Å²) in [6.07, 6.45) is 7.34. The molecule has 2 fully saturated rings. The number of amides is 1. The lowest BCUT2D eigenvalue weighted by Gasteiger charge is -2.27. The van der Waals surface area contributed by atoms with Crippen molar-refractivity contribution in [1.29, 1.82) is 0 Å². The molecule has 0 spiro atoms. The van der Waals surface area contributed by atoms with Gasteiger partial charge in [-0.15, -0.1) is 0 Å². The average molecular weight is 275 g/mol. The fourth-order valence-corrected chi connectivity index (χ4v) is 4.20. The molecule has 2 saturated carbocycles. The Kier molecular flexibility index (Phi) is 3.48. The summed E-state index contributed by atoms with van der Waals surface area (Å²) in [4.78, 5) is 14.5. The fraction of sp³-hybridized carbons (Fsp3) is 0.688. The monoisotopic (exact) mass is 275 g/mol. The van der Waals surface area contributed by atoms with Crippen LogP contribution in [0.15, 0.2) is 12.3 Å². The van der Waals surface area contributed by atoms with E-state index in [4.69, 9.17) is 5.73 Å². The van der Waals surface area contributed by atoms with Crippen molar-refractivity contribution in [2.24, 2.45) is 17.8 Å². The van der Waals surface area contributed by atoms with Gasteiger partial charge < -0.3 is 15.2 Å². The van der Waals surface area contributed by atoms with Crippen LogP contribution >= 0.6 is 0 Å². The molecule has 3 atom stereocenters. The number of carbonyl (C=O) groups is 1. The second-order valence-corrected chi connectivity index (χ2v) is 6.57. The molecule has 20 heavy (non-hydrogen) atoms. The first-order valence-electron chi connectivity index (χ1n) is 7.79. The summed E-state index contributed by atoms with van der Waals surface area (Å²) in [5.41, 5.74) is 7.20. The molecule has 0 radical (unpaired) electrons. The van der Waals surface area contributed by atoms with Crippen LogP contribution in [-0.4, -0.2) is 29.0 Å². The van der Waals surface area contributed by atoms with Gasteiger partial charge >= 0.3 is 0 Å². The van der Waals surface area contributed by atoms with Crippen LogP contribution < -0.4 is 5.73 Å². The molecule has 2 aliphatic rings. The van der Waals surface area contributed by atoms with Crippen molar-refractivity contribution in [2.45, 2.75) is 39.2 Å². The summed E-state index contributed by atoms with van der Waals surface area (Å²) >= 11 is 0. The van der Waals surface area contributed by atoms with Crippen LogP contribution in [0, 0.1) is 17.8 Å². The van der Waals surface area contributed by atoms with Crippen LogP contribution in [0.3, 0.4) is 0 Å². The van der Waals surface area contributed by atoms with Crippen molar-refractivity contribution >= 4 is 11.6 Å². The molecule has 0 aliphatic heterocycles. The zero-order chi connectivity index (χ0) is 14.3. The van der Waals surface area contributed by atoms with Gasteiger partial charge in [-0.1, -0.05) is 6.42 Å². The van der Waals surface area contributed by atoms with E-state index in [1.807, 2.05) is 29.6 Å². The minimum absolute atomic E-state index is 0.103. The Morgan fingerprint density at radius 3 is 2.85 bits per heavy atom. The minimum atomic E-state index is 0.103. The van der Waals surface area contributed by atoms with E-state index in [-0.39, 0.29) is 5.91 Å². The van der Waals surface area contributed by atoms with Gasteiger partial charge in [0.05, 0.1) is 5.69 Å². The summed E-state index contributed by atoms with van der Waals surface area (Å²) in [5.74, 6) is 2.61. The Balaban J connectivity index is 1.67. The number of nitrogens with zero attached hydrogens (tertiary/aromatic N) is 2. The molecule has 1 amide bonds. The first kappa shape index (κ1) is 13.5. The third kappa shape index (κ3) is 2.32. The van der Waals surface area contributed by atoms with Crippen LogP contribution in [0.4, 0.5) is 5.69 Å². The summed E-state index contributed by atoms with van der Waals surface area (Å²) in [5, 5.41) is 0. The van der Waals surface area contributed by atoms with Crippen LogP contribution in [0.25, 0.3) is 0 Å². The summed E-state index contributed by atoms with van der Waals surface area (Å²) in [6.45, 7) is 3.71. The Morgan fingerprint density at radius 2 is 2.25 bits per heavy atom. The molecule has 110 valence electrons. The highest BCUT2D eigenvalue weighted by Gasteiger charge is 2.40. The maximum Gasteiger partial charge on any atom is 0.270 e. The molecule has 3 rings (SSSR count). The van der Waals surface area contributed by atoms with Gasteiger partial charge in [-0.05, 0) is 50.0 Å². The molecule has 1 aromatic heterocycles. The number of rotatable bonds is 4. The average Bonchev–Trinajstić information content (AvgIpc) is 3.12. The lowest BCUT2D eigenvalue weighted by molar-refractivity contribution is 0.0743. The van der Waals surface area contributed by atoms with Gasteiger partial charge in [0, 0.05) is 26.3 Å². The predicted octanol–water partition coefficient (Wildman–Crippen LogP) is 2.60. The molecule has 2 N–H and O–H groups in total. The molecule has 3 unspecified atom stereocenters. The van der Waals surface area contributed by atoms with Crippen molar-refractivity contribution in [1.82, 2.24) is 9.47 Å². The number of carbonyl (C=O) groups excluding carboxylic acids is 1. The van der Waals surface area contributed by atoms with Gasteiger partial charge in [0.25, 0.3) is 5.91 Å². The zero-order valence-corrected chi connectivity index (χ0v) is 12.5. The van der Waals surface area contributed by atoms with Crippen molar-refractivity contribution in [3.8, 4) is 0 Å². The first-order valence-corrected chi connectivity index (χ1v) is 7.79. The lowest BCUT2D eigenvalue weighted by Crippen LogP contribution is -2.34. The molecule has 0 saturated heterocycles. The van der Waals surface area contributed by atoms with Crippen molar-refractivity contribution in [3.05, 3.63) is 18.0 Å². The Labute approximate surface area is 120 Å². The normalized spacial score (nSPS) is 28.0. The zero-order valence-electron chi connectivity index (χ0n) is 12.5. The molecule has 1 aromatic rings. The highest BCUT2D eigenvalue weighted by Crippen LogP contribution is 2.48. The third-order valence-corrected chi connectivity index (χ3v) is 5.22. The van der Waals surface area contributed by atoms with E-state index in [2.05, 4.69) is 0 Å². The standard InChI is InChI=1S/C16H25N3O/c1-3-19-10-14(17)8-15(19)16(20)18(2)9-13-7-11-4-5-12(13)6-11/h8,10-13H,3-7,9,17H2,1-2H3. The number of hydrogen-bond donors (Lipinski definition) is 1. The topological polar surface area (TPSA) is 51.3 Å². The van der Waals surface area contributed by atoms with Gasteiger partial charge in [0.1, 0.15) is 5.69 Å². The SMILES string of the molecule is CCn1cc(N)cc1C(=O)N(C)CC1CC2CCC1C2.